The molecule has 1 aromatic rings. The number of carboxylic acids is 1. The zero-order chi connectivity index (χ0) is 13.9. The Morgan fingerprint density at radius 2 is 2.00 bits per heavy atom. The monoisotopic (exact) mass is 272 g/mol. The lowest BCUT2D eigenvalue weighted by molar-refractivity contribution is -0.147. The van der Waals surface area contributed by atoms with Crippen LogP contribution in [-0.4, -0.2) is 32.4 Å². The number of carbonyl (C=O) groups excluding carboxylic acids is 1. The van der Waals surface area contributed by atoms with Crippen molar-refractivity contribution in [2.24, 2.45) is 0 Å². The molecule has 1 rings (SSSR count). The molecule has 0 amide bonds. The lowest BCUT2D eigenvalue weighted by Gasteiger charge is -2.13. The highest BCUT2D eigenvalue weighted by atomic mass is 35.5. The number of carboxylic acid groups (broad SMARTS) is 1. The molecule has 0 spiro atoms. The van der Waals surface area contributed by atoms with E-state index in [1.54, 1.807) is 0 Å². The van der Waals surface area contributed by atoms with E-state index in [4.69, 9.17) is 21.8 Å². The number of alkyl halides is 1. The Hall–Kier alpha value is -1.43. The van der Waals surface area contributed by atoms with E-state index in [0.29, 0.717) is 0 Å². The molecule has 0 aliphatic carbocycles. The Bertz CT molecular complexity index is 470. The summed E-state index contributed by atoms with van der Waals surface area (Å²) >= 11 is 5.65. The fourth-order valence-electron chi connectivity index (χ4n) is 1.51. The molecule has 0 radical (unpaired) electrons. The smallest absolute Gasteiger partial charge is 0.337 e. The van der Waals surface area contributed by atoms with E-state index in [0.717, 1.165) is 0 Å². The van der Waals surface area contributed by atoms with Crippen molar-refractivity contribution in [3.05, 3.63) is 34.9 Å². The van der Waals surface area contributed by atoms with E-state index in [2.05, 4.69) is 0 Å². The molecule has 2 atom stereocenters. The van der Waals surface area contributed by atoms with Crippen molar-refractivity contribution in [3.8, 4) is 0 Å². The number of rotatable bonds is 5. The van der Waals surface area contributed by atoms with E-state index < -0.39 is 24.1 Å². The van der Waals surface area contributed by atoms with E-state index >= 15 is 0 Å². The van der Waals surface area contributed by atoms with Crippen molar-refractivity contribution in [3.63, 3.8) is 0 Å². The van der Waals surface area contributed by atoms with Crippen LogP contribution in [0.25, 0.3) is 0 Å². The first-order valence-corrected chi connectivity index (χ1v) is 5.65. The molecule has 18 heavy (non-hydrogen) atoms. The average Bonchev–Trinajstić information content (AvgIpc) is 2.35. The second-order valence-corrected chi connectivity index (χ2v) is 4.45. The van der Waals surface area contributed by atoms with Crippen LogP contribution < -0.4 is 0 Å². The van der Waals surface area contributed by atoms with Crippen molar-refractivity contribution < 1.29 is 24.9 Å². The van der Waals surface area contributed by atoms with Crippen molar-refractivity contribution >= 4 is 23.4 Å². The summed E-state index contributed by atoms with van der Waals surface area (Å²) in [5.74, 6) is -1.83. The number of hydrogen-bond donors (Lipinski definition) is 3. The van der Waals surface area contributed by atoms with Gasteiger partial charge in [-0.25, -0.2) is 4.79 Å². The van der Waals surface area contributed by atoms with Gasteiger partial charge in [-0.05, 0) is 24.1 Å². The molecule has 6 heteroatoms. The summed E-state index contributed by atoms with van der Waals surface area (Å²) in [6.45, 7) is 1.07. The van der Waals surface area contributed by atoms with Gasteiger partial charge < -0.3 is 15.3 Å². The predicted molar refractivity (Wildman–Crippen MR) is 64.6 cm³/mol. The number of hydrogen-bond acceptors (Lipinski definition) is 4. The van der Waals surface area contributed by atoms with Crippen LogP contribution in [0.1, 0.15) is 34.5 Å². The topological polar surface area (TPSA) is 94.8 Å². The first-order chi connectivity index (χ1) is 8.38. The van der Waals surface area contributed by atoms with E-state index in [9.17, 15) is 14.7 Å². The summed E-state index contributed by atoms with van der Waals surface area (Å²) in [5.41, 5.74) is 0.446. The minimum absolute atomic E-state index is 0.00633. The van der Waals surface area contributed by atoms with Crippen LogP contribution in [0.5, 0.6) is 0 Å². The summed E-state index contributed by atoms with van der Waals surface area (Å²) in [6.07, 6.45) is -1.79. The number of aliphatic carboxylic acids is 1. The molecule has 3 N–H and O–H groups in total. The molecule has 0 aromatic heterocycles. The van der Waals surface area contributed by atoms with Crippen molar-refractivity contribution in [2.45, 2.75) is 25.0 Å². The molecule has 0 saturated carbocycles. The van der Waals surface area contributed by atoms with Gasteiger partial charge in [-0.3, -0.25) is 4.79 Å². The number of benzene rings is 1. The van der Waals surface area contributed by atoms with Gasteiger partial charge in [0.2, 0.25) is 0 Å². The maximum absolute atomic E-state index is 11.7. The molecule has 2 unspecified atom stereocenters. The predicted octanol–water partition coefficient (Wildman–Crippen LogP) is 1.11. The van der Waals surface area contributed by atoms with Crippen LogP contribution in [0.2, 0.25) is 0 Å². The summed E-state index contributed by atoms with van der Waals surface area (Å²) in [7, 11) is 0. The largest absolute Gasteiger partial charge is 0.479 e. The fraction of sp³-hybridized carbons (Fsp3) is 0.333. The SMILES string of the molecule is CC(Cl)C(=O)c1ccc(CO)c(C(O)C(=O)O)c1. The molecule has 5 nitrogen and oxygen atoms in total. The third-order valence-electron chi connectivity index (χ3n) is 2.49. The standard InChI is InChI=1S/C12H13ClO5/c1-6(13)10(15)7-2-3-8(5-14)9(4-7)11(16)12(17)18/h2-4,6,11,14,16H,5H2,1H3,(H,17,18). The summed E-state index contributed by atoms with van der Waals surface area (Å²) < 4.78 is 0. The first kappa shape index (κ1) is 14.6. The molecule has 0 saturated heterocycles. The van der Waals surface area contributed by atoms with Crippen LogP contribution in [-0.2, 0) is 11.4 Å². The highest BCUT2D eigenvalue weighted by molar-refractivity contribution is 6.33. The van der Waals surface area contributed by atoms with Crippen molar-refractivity contribution in [2.75, 3.05) is 0 Å². The van der Waals surface area contributed by atoms with Crippen LogP contribution in [0.15, 0.2) is 18.2 Å². The number of ketones is 1. The quantitative estimate of drug-likeness (QED) is 0.551. The lowest BCUT2D eigenvalue weighted by atomic mass is 9.97. The van der Waals surface area contributed by atoms with Crippen LogP contribution in [0.4, 0.5) is 0 Å². The van der Waals surface area contributed by atoms with Gasteiger partial charge in [-0.2, -0.15) is 0 Å². The maximum Gasteiger partial charge on any atom is 0.337 e. The van der Waals surface area contributed by atoms with Gasteiger partial charge in [0.1, 0.15) is 0 Å². The number of aliphatic hydroxyl groups is 2. The van der Waals surface area contributed by atoms with Crippen molar-refractivity contribution in [1.29, 1.82) is 0 Å². The molecule has 0 aliphatic heterocycles. The maximum atomic E-state index is 11.7. The lowest BCUT2D eigenvalue weighted by Crippen LogP contribution is -2.16. The molecular formula is C12H13ClO5. The van der Waals surface area contributed by atoms with Crippen LogP contribution in [0.3, 0.4) is 0 Å². The van der Waals surface area contributed by atoms with Gasteiger partial charge in [0.15, 0.2) is 11.9 Å². The molecular weight excluding hydrogens is 260 g/mol. The first-order valence-electron chi connectivity index (χ1n) is 5.21. The summed E-state index contributed by atoms with van der Waals surface area (Å²) in [6, 6.07) is 4.07. The molecule has 0 fully saturated rings. The normalized spacial score (nSPS) is 14.0. The van der Waals surface area contributed by atoms with Gasteiger partial charge in [-0.15, -0.1) is 11.6 Å². The Kier molecular flexibility index (Phi) is 4.84. The number of aliphatic hydroxyl groups excluding tert-OH is 2. The third-order valence-corrected chi connectivity index (χ3v) is 2.69. The van der Waals surface area contributed by atoms with Gasteiger partial charge in [0.25, 0.3) is 0 Å². The Morgan fingerprint density at radius 3 is 2.44 bits per heavy atom. The summed E-state index contributed by atoms with van der Waals surface area (Å²) in [5, 5.41) is 26.6. The van der Waals surface area contributed by atoms with Crippen LogP contribution in [0, 0.1) is 0 Å². The molecule has 0 bridgehead atoms. The number of Topliss-reactive ketones (excluding diaryl/α,β-unsaturated/α-hetero) is 1. The van der Waals surface area contributed by atoms with Gasteiger partial charge in [0.05, 0.1) is 12.0 Å². The average molecular weight is 273 g/mol. The zero-order valence-corrected chi connectivity index (χ0v) is 10.4. The number of carbonyl (C=O) groups is 2. The van der Waals surface area contributed by atoms with Gasteiger partial charge in [-0.1, -0.05) is 12.1 Å². The second-order valence-electron chi connectivity index (χ2n) is 3.79. The molecule has 0 heterocycles. The Labute approximate surface area is 109 Å². The highest BCUT2D eigenvalue weighted by Gasteiger charge is 2.22. The van der Waals surface area contributed by atoms with Crippen LogP contribution >= 0.6 is 11.6 Å². The van der Waals surface area contributed by atoms with E-state index in [-0.39, 0.29) is 22.5 Å². The van der Waals surface area contributed by atoms with E-state index in [1.165, 1.54) is 25.1 Å². The van der Waals surface area contributed by atoms with Gasteiger partial charge >= 0.3 is 5.97 Å². The van der Waals surface area contributed by atoms with Gasteiger partial charge in [0, 0.05) is 5.56 Å². The Morgan fingerprint density at radius 1 is 1.39 bits per heavy atom. The minimum Gasteiger partial charge on any atom is -0.479 e. The minimum atomic E-state index is -1.79. The third kappa shape index (κ3) is 3.07. The fourth-order valence-corrected chi connectivity index (χ4v) is 1.64. The Balaban J connectivity index is 3.25. The van der Waals surface area contributed by atoms with Crippen molar-refractivity contribution in [1.82, 2.24) is 0 Å². The zero-order valence-electron chi connectivity index (χ0n) is 9.63. The molecule has 98 valence electrons. The summed E-state index contributed by atoms with van der Waals surface area (Å²) in [4.78, 5) is 22.4. The van der Waals surface area contributed by atoms with E-state index in [1.807, 2.05) is 0 Å². The number of halogens is 1. The molecule has 0 aliphatic rings. The molecule has 1 aromatic carbocycles. The highest BCUT2D eigenvalue weighted by Crippen LogP contribution is 2.22. The second kappa shape index (κ2) is 5.95.